The van der Waals surface area contributed by atoms with Gasteiger partial charge in [-0.05, 0) is 34.9 Å². The van der Waals surface area contributed by atoms with Crippen molar-refractivity contribution in [1.29, 1.82) is 0 Å². The summed E-state index contributed by atoms with van der Waals surface area (Å²) in [6, 6.07) is 14.6. The summed E-state index contributed by atoms with van der Waals surface area (Å²) in [6.45, 7) is 3.19. The molecule has 1 amide bonds. The first kappa shape index (κ1) is 14.5. The average molecular weight is 270 g/mol. The van der Waals surface area contributed by atoms with E-state index in [1.165, 1.54) is 10.8 Å². The van der Waals surface area contributed by atoms with Crippen molar-refractivity contribution in [2.45, 2.75) is 19.9 Å². The van der Waals surface area contributed by atoms with Gasteiger partial charge in [-0.2, -0.15) is 0 Å². The van der Waals surface area contributed by atoms with E-state index in [9.17, 15) is 4.79 Å². The lowest BCUT2D eigenvalue weighted by Gasteiger charge is -2.19. The second-order valence-electron chi connectivity index (χ2n) is 5.48. The Morgan fingerprint density at radius 2 is 1.90 bits per heavy atom. The average Bonchev–Trinajstić information content (AvgIpc) is 2.46. The molecule has 3 heteroatoms. The molecule has 2 aromatic rings. The molecule has 0 heterocycles. The molecule has 0 aromatic heterocycles. The fourth-order valence-electron chi connectivity index (χ4n) is 2.24. The largest absolute Gasteiger partial charge is 0.341 e. The summed E-state index contributed by atoms with van der Waals surface area (Å²) >= 11 is 0. The SMILES string of the molecule is CC(CN)CC(=O)N(C)Cc1ccc2ccccc2c1. The van der Waals surface area contributed by atoms with E-state index in [-0.39, 0.29) is 11.8 Å². The Morgan fingerprint density at radius 3 is 2.60 bits per heavy atom. The molecule has 0 bridgehead atoms. The molecule has 0 saturated heterocycles. The highest BCUT2D eigenvalue weighted by Crippen LogP contribution is 2.17. The lowest BCUT2D eigenvalue weighted by molar-refractivity contribution is -0.131. The van der Waals surface area contributed by atoms with Crippen LogP contribution in [0.25, 0.3) is 10.8 Å². The number of amides is 1. The Labute approximate surface area is 120 Å². The quantitative estimate of drug-likeness (QED) is 0.908. The number of carbonyl (C=O) groups excluding carboxylic acids is 1. The van der Waals surface area contributed by atoms with Crippen LogP contribution in [-0.2, 0) is 11.3 Å². The normalized spacial score (nSPS) is 12.3. The molecule has 1 atom stereocenters. The van der Waals surface area contributed by atoms with E-state index < -0.39 is 0 Å². The first-order valence-electron chi connectivity index (χ1n) is 7.02. The van der Waals surface area contributed by atoms with Gasteiger partial charge in [0.2, 0.25) is 5.91 Å². The zero-order valence-corrected chi connectivity index (χ0v) is 12.2. The van der Waals surface area contributed by atoms with Crippen LogP contribution in [0.15, 0.2) is 42.5 Å². The van der Waals surface area contributed by atoms with Crippen molar-refractivity contribution >= 4 is 16.7 Å². The Morgan fingerprint density at radius 1 is 1.20 bits per heavy atom. The van der Waals surface area contributed by atoms with E-state index in [0.29, 0.717) is 19.5 Å². The van der Waals surface area contributed by atoms with Gasteiger partial charge in [0.25, 0.3) is 0 Å². The van der Waals surface area contributed by atoms with Gasteiger partial charge >= 0.3 is 0 Å². The first-order chi connectivity index (χ1) is 9.60. The molecule has 0 spiro atoms. The molecule has 0 aliphatic carbocycles. The molecule has 106 valence electrons. The third-order valence-electron chi connectivity index (χ3n) is 3.58. The summed E-state index contributed by atoms with van der Waals surface area (Å²) in [6.07, 6.45) is 0.514. The molecule has 0 radical (unpaired) electrons. The van der Waals surface area contributed by atoms with Crippen LogP contribution in [0.2, 0.25) is 0 Å². The van der Waals surface area contributed by atoms with Gasteiger partial charge in [0.05, 0.1) is 0 Å². The standard InChI is InChI=1S/C17H22N2O/c1-13(11-18)9-17(20)19(2)12-14-7-8-15-5-3-4-6-16(15)10-14/h3-8,10,13H,9,11-12,18H2,1-2H3. The number of carbonyl (C=O) groups is 1. The highest BCUT2D eigenvalue weighted by Gasteiger charge is 2.12. The third kappa shape index (κ3) is 3.58. The predicted octanol–water partition coefficient (Wildman–Crippen LogP) is 2.78. The molecule has 3 nitrogen and oxygen atoms in total. The van der Waals surface area contributed by atoms with Crippen LogP contribution in [0.4, 0.5) is 0 Å². The van der Waals surface area contributed by atoms with Crippen LogP contribution < -0.4 is 5.73 Å². The number of benzene rings is 2. The minimum Gasteiger partial charge on any atom is -0.341 e. The molecule has 1 unspecified atom stereocenters. The van der Waals surface area contributed by atoms with E-state index >= 15 is 0 Å². The number of fused-ring (bicyclic) bond motifs is 1. The minimum atomic E-state index is 0.149. The lowest BCUT2D eigenvalue weighted by atomic mass is 10.1. The number of hydrogen-bond acceptors (Lipinski definition) is 2. The van der Waals surface area contributed by atoms with E-state index in [1.54, 1.807) is 4.90 Å². The van der Waals surface area contributed by atoms with Crippen LogP contribution in [-0.4, -0.2) is 24.4 Å². The van der Waals surface area contributed by atoms with E-state index in [4.69, 9.17) is 5.73 Å². The fourth-order valence-corrected chi connectivity index (χ4v) is 2.24. The molecule has 0 aliphatic heterocycles. The lowest BCUT2D eigenvalue weighted by Crippen LogP contribution is -2.29. The van der Waals surface area contributed by atoms with Crippen LogP contribution in [0.3, 0.4) is 0 Å². The minimum absolute atomic E-state index is 0.149. The maximum Gasteiger partial charge on any atom is 0.222 e. The zero-order chi connectivity index (χ0) is 14.5. The van der Waals surface area contributed by atoms with Crippen molar-refractivity contribution < 1.29 is 4.79 Å². The summed E-state index contributed by atoms with van der Waals surface area (Å²) in [7, 11) is 1.85. The molecule has 0 aliphatic rings. The summed E-state index contributed by atoms with van der Waals surface area (Å²) in [5.41, 5.74) is 6.72. The number of nitrogens with two attached hydrogens (primary N) is 1. The van der Waals surface area contributed by atoms with Gasteiger partial charge in [0.1, 0.15) is 0 Å². The van der Waals surface area contributed by atoms with Crippen LogP contribution in [0.5, 0.6) is 0 Å². The van der Waals surface area contributed by atoms with Gasteiger partial charge < -0.3 is 10.6 Å². The second kappa shape index (κ2) is 6.53. The third-order valence-corrected chi connectivity index (χ3v) is 3.58. The first-order valence-corrected chi connectivity index (χ1v) is 7.02. The predicted molar refractivity (Wildman–Crippen MR) is 83.3 cm³/mol. The maximum absolute atomic E-state index is 12.1. The van der Waals surface area contributed by atoms with Gasteiger partial charge in [-0.15, -0.1) is 0 Å². The Bertz CT molecular complexity index is 594. The highest BCUT2D eigenvalue weighted by atomic mass is 16.2. The smallest absolute Gasteiger partial charge is 0.222 e. The number of hydrogen-bond donors (Lipinski definition) is 1. The van der Waals surface area contributed by atoms with Gasteiger partial charge in [0, 0.05) is 20.0 Å². The van der Waals surface area contributed by atoms with Crippen LogP contribution in [0.1, 0.15) is 18.9 Å². The van der Waals surface area contributed by atoms with Crippen molar-refractivity contribution in [1.82, 2.24) is 4.90 Å². The molecule has 2 aromatic carbocycles. The van der Waals surface area contributed by atoms with Crippen molar-refractivity contribution in [2.75, 3.05) is 13.6 Å². The zero-order valence-electron chi connectivity index (χ0n) is 12.2. The van der Waals surface area contributed by atoms with Gasteiger partial charge in [0.15, 0.2) is 0 Å². The van der Waals surface area contributed by atoms with E-state index in [0.717, 1.165) is 5.56 Å². The van der Waals surface area contributed by atoms with E-state index in [2.05, 4.69) is 30.3 Å². The Hall–Kier alpha value is -1.87. The molecular weight excluding hydrogens is 248 g/mol. The fraction of sp³-hybridized carbons (Fsp3) is 0.353. The summed E-state index contributed by atoms with van der Waals surface area (Å²) in [4.78, 5) is 13.8. The van der Waals surface area contributed by atoms with Crippen molar-refractivity contribution in [3.05, 3.63) is 48.0 Å². The second-order valence-corrected chi connectivity index (χ2v) is 5.48. The van der Waals surface area contributed by atoms with E-state index in [1.807, 2.05) is 26.1 Å². The van der Waals surface area contributed by atoms with Gasteiger partial charge in [-0.1, -0.05) is 43.3 Å². The summed E-state index contributed by atoms with van der Waals surface area (Å²) in [5, 5.41) is 2.43. The van der Waals surface area contributed by atoms with Gasteiger partial charge in [-0.3, -0.25) is 4.79 Å². The number of nitrogens with zero attached hydrogens (tertiary/aromatic N) is 1. The Balaban J connectivity index is 2.05. The van der Waals surface area contributed by atoms with Crippen LogP contribution in [0, 0.1) is 5.92 Å². The monoisotopic (exact) mass is 270 g/mol. The van der Waals surface area contributed by atoms with Crippen LogP contribution >= 0.6 is 0 Å². The summed E-state index contributed by atoms with van der Waals surface area (Å²) < 4.78 is 0. The summed E-state index contributed by atoms with van der Waals surface area (Å²) in [5.74, 6) is 0.387. The van der Waals surface area contributed by atoms with Gasteiger partial charge in [-0.25, -0.2) is 0 Å². The maximum atomic E-state index is 12.1. The molecule has 2 N–H and O–H groups in total. The van der Waals surface area contributed by atoms with Crippen molar-refractivity contribution in [2.24, 2.45) is 11.7 Å². The molecular formula is C17H22N2O. The van der Waals surface area contributed by atoms with Crippen molar-refractivity contribution in [3.8, 4) is 0 Å². The highest BCUT2D eigenvalue weighted by molar-refractivity contribution is 5.83. The Kier molecular flexibility index (Phi) is 4.74. The molecule has 0 fully saturated rings. The molecule has 0 saturated carbocycles. The molecule has 2 rings (SSSR count). The topological polar surface area (TPSA) is 46.3 Å². The molecule has 20 heavy (non-hydrogen) atoms. The van der Waals surface area contributed by atoms with Crippen molar-refractivity contribution in [3.63, 3.8) is 0 Å². The number of rotatable bonds is 5.